The van der Waals surface area contributed by atoms with Gasteiger partial charge in [-0.05, 0) is 23.8 Å². The summed E-state index contributed by atoms with van der Waals surface area (Å²) in [4.78, 5) is 3.89. The van der Waals surface area contributed by atoms with E-state index in [9.17, 15) is 12.8 Å². The smallest absolute Gasteiger partial charge is 0.261 e. The van der Waals surface area contributed by atoms with Gasteiger partial charge in [-0.15, -0.1) is 0 Å². The van der Waals surface area contributed by atoms with Crippen LogP contribution < -0.4 is 10.5 Å². The van der Waals surface area contributed by atoms with E-state index in [1.807, 2.05) is 0 Å². The van der Waals surface area contributed by atoms with E-state index in [0.717, 1.165) is 11.8 Å². The molecule has 0 saturated heterocycles. The van der Waals surface area contributed by atoms with E-state index in [1.54, 1.807) is 12.1 Å². The molecule has 0 aliphatic heterocycles. The zero-order chi connectivity index (χ0) is 15.5. The van der Waals surface area contributed by atoms with Crippen LogP contribution in [0.15, 0.2) is 47.6 Å². The SMILES string of the molecule is NC(=S)Cc1ccc(S(=O)(=O)Nc2ccncc2F)cc1. The normalized spacial score (nSPS) is 11.1. The average Bonchev–Trinajstić information content (AvgIpc) is 2.41. The van der Waals surface area contributed by atoms with Crippen LogP contribution in [0.25, 0.3) is 0 Å². The maximum atomic E-state index is 13.4. The highest BCUT2D eigenvalue weighted by Gasteiger charge is 2.16. The number of anilines is 1. The van der Waals surface area contributed by atoms with E-state index in [2.05, 4.69) is 9.71 Å². The lowest BCUT2D eigenvalue weighted by Crippen LogP contribution is -2.14. The lowest BCUT2D eigenvalue weighted by Gasteiger charge is -2.09. The Morgan fingerprint density at radius 2 is 1.95 bits per heavy atom. The van der Waals surface area contributed by atoms with E-state index < -0.39 is 15.8 Å². The number of hydrogen-bond donors (Lipinski definition) is 2. The van der Waals surface area contributed by atoms with Crippen molar-refractivity contribution in [2.45, 2.75) is 11.3 Å². The van der Waals surface area contributed by atoms with Crippen molar-refractivity contribution in [2.24, 2.45) is 5.73 Å². The number of thiocarbonyl (C=S) groups is 1. The molecule has 110 valence electrons. The lowest BCUT2D eigenvalue weighted by atomic mass is 10.1. The van der Waals surface area contributed by atoms with Crippen molar-refractivity contribution in [1.82, 2.24) is 4.98 Å². The number of pyridine rings is 1. The van der Waals surface area contributed by atoms with E-state index in [0.29, 0.717) is 11.4 Å². The first kappa shape index (κ1) is 15.3. The van der Waals surface area contributed by atoms with Gasteiger partial charge >= 0.3 is 0 Å². The fourth-order valence-electron chi connectivity index (χ4n) is 1.65. The molecule has 0 saturated carbocycles. The van der Waals surface area contributed by atoms with Crippen molar-refractivity contribution in [3.8, 4) is 0 Å². The minimum atomic E-state index is -3.86. The van der Waals surface area contributed by atoms with Crippen LogP contribution in [-0.2, 0) is 16.4 Å². The first-order chi connectivity index (χ1) is 9.88. The van der Waals surface area contributed by atoms with Crippen molar-refractivity contribution in [3.05, 3.63) is 54.1 Å². The molecular formula is C13H12FN3O2S2. The molecule has 0 amide bonds. The predicted octanol–water partition coefficient (Wildman–Crippen LogP) is 1.85. The molecule has 0 bridgehead atoms. The molecule has 8 heteroatoms. The Hall–Kier alpha value is -2.06. The Morgan fingerprint density at radius 1 is 1.29 bits per heavy atom. The van der Waals surface area contributed by atoms with Crippen LogP contribution in [0.5, 0.6) is 0 Å². The predicted molar refractivity (Wildman–Crippen MR) is 81.9 cm³/mol. The number of aromatic nitrogens is 1. The molecule has 2 aromatic rings. The molecule has 0 unspecified atom stereocenters. The summed E-state index contributed by atoms with van der Waals surface area (Å²) in [5.41, 5.74) is 6.07. The van der Waals surface area contributed by atoms with E-state index in [1.165, 1.54) is 24.4 Å². The van der Waals surface area contributed by atoms with E-state index in [-0.39, 0.29) is 10.6 Å². The summed E-state index contributed by atoms with van der Waals surface area (Å²) in [7, 11) is -3.86. The van der Waals surface area contributed by atoms with E-state index >= 15 is 0 Å². The van der Waals surface area contributed by atoms with Gasteiger partial charge in [0, 0.05) is 12.6 Å². The van der Waals surface area contributed by atoms with Crippen molar-refractivity contribution < 1.29 is 12.8 Å². The number of benzene rings is 1. The highest BCUT2D eigenvalue weighted by atomic mass is 32.2. The molecule has 0 aliphatic rings. The molecule has 1 aromatic carbocycles. The quantitative estimate of drug-likeness (QED) is 0.820. The van der Waals surface area contributed by atoms with Gasteiger partial charge in [0.1, 0.15) is 0 Å². The Bertz CT molecular complexity index is 761. The Kier molecular flexibility index (Phi) is 4.49. The van der Waals surface area contributed by atoms with Crippen molar-refractivity contribution in [1.29, 1.82) is 0 Å². The summed E-state index contributed by atoms with van der Waals surface area (Å²) < 4.78 is 39.9. The van der Waals surface area contributed by atoms with Crippen LogP contribution >= 0.6 is 12.2 Å². The molecule has 3 N–H and O–H groups in total. The zero-order valence-corrected chi connectivity index (χ0v) is 12.4. The van der Waals surface area contributed by atoms with E-state index in [4.69, 9.17) is 18.0 Å². The lowest BCUT2D eigenvalue weighted by molar-refractivity contribution is 0.598. The number of nitrogens with two attached hydrogens (primary N) is 1. The standard InChI is InChI=1S/C13H12FN3O2S2/c14-11-8-16-6-5-12(11)17-21(18,19)10-3-1-9(2-4-10)7-13(15)20/h1-6,8H,7H2,(H2,15,20)(H,16,17). The van der Waals surface area contributed by atoms with Gasteiger partial charge in [-0.3, -0.25) is 9.71 Å². The molecule has 1 aromatic heterocycles. The molecule has 0 fully saturated rings. The minimum absolute atomic E-state index is 0.0189. The van der Waals surface area contributed by atoms with Crippen LogP contribution in [0.3, 0.4) is 0 Å². The highest BCUT2D eigenvalue weighted by molar-refractivity contribution is 7.92. The average molecular weight is 325 g/mol. The number of halogens is 1. The van der Waals surface area contributed by atoms with Crippen LogP contribution in [0.1, 0.15) is 5.56 Å². The summed E-state index contributed by atoms with van der Waals surface area (Å²) >= 11 is 4.78. The first-order valence-corrected chi connectivity index (χ1v) is 7.77. The largest absolute Gasteiger partial charge is 0.393 e. The molecular weight excluding hydrogens is 313 g/mol. The molecule has 1 heterocycles. The summed E-state index contributed by atoms with van der Waals surface area (Å²) in [6.45, 7) is 0. The van der Waals surface area contributed by atoms with Crippen molar-refractivity contribution in [3.63, 3.8) is 0 Å². The Balaban J connectivity index is 2.24. The van der Waals surface area contributed by atoms with Gasteiger partial charge in [-0.25, -0.2) is 12.8 Å². The van der Waals surface area contributed by atoms with Crippen molar-refractivity contribution >= 4 is 32.9 Å². The minimum Gasteiger partial charge on any atom is -0.393 e. The van der Waals surface area contributed by atoms with Gasteiger partial charge in [0.25, 0.3) is 10.0 Å². The summed E-state index contributed by atoms with van der Waals surface area (Å²) in [5.74, 6) is -0.744. The molecule has 5 nitrogen and oxygen atoms in total. The third kappa shape index (κ3) is 3.96. The van der Waals surface area contributed by atoms with Crippen molar-refractivity contribution in [2.75, 3.05) is 4.72 Å². The molecule has 0 aliphatic carbocycles. The maximum Gasteiger partial charge on any atom is 0.261 e. The third-order valence-electron chi connectivity index (χ3n) is 2.63. The number of nitrogens with one attached hydrogen (secondary N) is 1. The number of hydrogen-bond acceptors (Lipinski definition) is 4. The second-order valence-corrected chi connectivity index (χ2v) is 6.45. The molecule has 0 atom stereocenters. The highest BCUT2D eigenvalue weighted by Crippen LogP contribution is 2.18. The van der Waals surface area contributed by atoms with Gasteiger partial charge in [-0.2, -0.15) is 0 Å². The summed E-state index contributed by atoms with van der Waals surface area (Å²) in [6, 6.07) is 7.28. The first-order valence-electron chi connectivity index (χ1n) is 5.88. The number of nitrogens with zero attached hydrogens (tertiary/aromatic N) is 1. The van der Waals surface area contributed by atoms with Gasteiger partial charge in [0.2, 0.25) is 0 Å². The molecule has 0 spiro atoms. The fourth-order valence-corrected chi connectivity index (χ4v) is 2.88. The Labute approximate surface area is 127 Å². The van der Waals surface area contributed by atoms with Gasteiger partial charge in [0.05, 0.1) is 21.8 Å². The number of rotatable bonds is 5. The van der Waals surface area contributed by atoms with Gasteiger partial charge in [-0.1, -0.05) is 24.4 Å². The molecule has 0 radical (unpaired) electrons. The summed E-state index contributed by atoms with van der Waals surface area (Å²) in [5, 5.41) is 0. The van der Waals surface area contributed by atoms with Crippen LogP contribution in [-0.4, -0.2) is 18.4 Å². The number of sulfonamides is 1. The van der Waals surface area contributed by atoms with Gasteiger partial charge in [0.15, 0.2) is 5.82 Å². The third-order valence-corrected chi connectivity index (χ3v) is 4.15. The zero-order valence-electron chi connectivity index (χ0n) is 10.8. The maximum absolute atomic E-state index is 13.4. The fraction of sp³-hybridized carbons (Fsp3) is 0.0769. The van der Waals surface area contributed by atoms with Crippen LogP contribution in [0, 0.1) is 5.82 Å². The second-order valence-electron chi connectivity index (χ2n) is 4.25. The second kappa shape index (κ2) is 6.15. The Morgan fingerprint density at radius 3 is 2.52 bits per heavy atom. The topological polar surface area (TPSA) is 85.1 Å². The van der Waals surface area contributed by atoms with Gasteiger partial charge < -0.3 is 5.73 Å². The summed E-state index contributed by atoms with van der Waals surface area (Å²) in [6.07, 6.45) is 2.62. The monoisotopic (exact) mass is 325 g/mol. The molecule has 21 heavy (non-hydrogen) atoms. The van der Waals surface area contributed by atoms with Crippen LogP contribution in [0.4, 0.5) is 10.1 Å². The molecule has 2 rings (SSSR count). The van der Waals surface area contributed by atoms with Crippen LogP contribution in [0.2, 0.25) is 0 Å².